The second-order valence-electron chi connectivity index (χ2n) is 5.27. The molecular formula is C17H17N5O. The zero-order chi connectivity index (χ0) is 16.2. The number of amides is 1. The molecule has 6 heteroatoms. The molecule has 6 nitrogen and oxygen atoms in total. The Balaban J connectivity index is 1.79. The zero-order valence-corrected chi connectivity index (χ0v) is 13.0. The number of nitrogens with zero attached hydrogens (tertiary/aromatic N) is 4. The SMILES string of the molecule is Cc1ccccc1-n1nnc(C(=O)NCc2cccnc2)c1C. The zero-order valence-electron chi connectivity index (χ0n) is 13.0. The van der Waals surface area contributed by atoms with Gasteiger partial charge in [-0.05, 0) is 37.1 Å². The van der Waals surface area contributed by atoms with Crippen LogP contribution in [0.15, 0.2) is 48.8 Å². The summed E-state index contributed by atoms with van der Waals surface area (Å²) in [6, 6.07) is 11.6. The van der Waals surface area contributed by atoms with Crippen molar-refractivity contribution in [1.29, 1.82) is 0 Å². The van der Waals surface area contributed by atoms with Gasteiger partial charge in [0.15, 0.2) is 5.69 Å². The van der Waals surface area contributed by atoms with Gasteiger partial charge in [-0.1, -0.05) is 29.5 Å². The molecule has 2 heterocycles. The van der Waals surface area contributed by atoms with Crippen LogP contribution in [0, 0.1) is 13.8 Å². The van der Waals surface area contributed by atoms with Crippen LogP contribution in [0.25, 0.3) is 5.69 Å². The van der Waals surface area contributed by atoms with Gasteiger partial charge in [-0.3, -0.25) is 9.78 Å². The fraction of sp³-hybridized carbons (Fsp3) is 0.176. The molecule has 0 aliphatic carbocycles. The average Bonchev–Trinajstić information content (AvgIpc) is 2.95. The van der Waals surface area contributed by atoms with Crippen molar-refractivity contribution in [2.75, 3.05) is 0 Å². The van der Waals surface area contributed by atoms with Crippen LogP contribution in [0.2, 0.25) is 0 Å². The highest BCUT2D eigenvalue weighted by Crippen LogP contribution is 2.16. The molecule has 0 bridgehead atoms. The van der Waals surface area contributed by atoms with Gasteiger partial charge in [-0.25, -0.2) is 4.68 Å². The number of hydrogen-bond donors (Lipinski definition) is 1. The van der Waals surface area contributed by atoms with E-state index in [1.807, 2.05) is 50.2 Å². The normalized spacial score (nSPS) is 10.5. The van der Waals surface area contributed by atoms with Crippen LogP contribution < -0.4 is 5.32 Å². The molecule has 0 saturated heterocycles. The fourth-order valence-electron chi connectivity index (χ4n) is 2.34. The molecule has 0 atom stereocenters. The largest absolute Gasteiger partial charge is 0.346 e. The first-order valence-corrected chi connectivity index (χ1v) is 7.32. The summed E-state index contributed by atoms with van der Waals surface area (Å²) in [5.74, 6) is -0.244. The average molecular weight is 307 g/mol. The van der Waals surface area contributed by atoms with E-state index >= 15 is 0 Å². The van der Waals surface area contributed by atoms with Gasteiger partial charge in [-0.15, -0.1) is 5.10 Å². The minimum Gasteiger partial charge on any atom is -0.346 e. The van der Waals surface area contributed by atoms with E-state index in [1.165, 1.54) is 0 Å². The Hall–Kier alpha value is -3.02. The summed E-state index contributed by atoms with van der Waals surface area (Å²) in [5, 5.41) is 11.0. The van der Waals surface area contributed by atoms with Crippen molar-refractivity contribution in [3.63, 3.8) is 0 Å². The van der Waals surface area contributed by atoms with E-state index in [4.69, 9.17) is 0 Å². The highest BCUT2D eigenvalue weighted by atomic mass is 16.2. The predicted octanol–water partition coefficient (Wildman–Crippen LogP) is 2.21. The lowest BCUT2D eigenvalue weighted by atomic mass is 10.2. The lowest BCUT2D eigenvalue weighted by molar-refractivity contribution is 0.0945. The highest BCUT2D eigenvalue weighted by molar-refractivity contribution is 5.93. The number of hydrogen-bond acceptors (Lipinski definition) is 4. The summed E-state index contributed by atoms with van der Waals surface area (Å²) < 4.78 is 1.69. The molecule has 0 spiro atoms. The predicted molar refractivity (Wildman–Crippen MR) is 86.2 cm³/mol. The van der Waals surface area contributed by atoms with Crippen molar-refractivity contribution in [2.24, 2.45) is 0 Å². The second-order valence-corrected chi connectivity index (χ2v) is 5.27. The lowest BCUT2D eigenvalue weighted by Crippen LogP contribution is -2.24. The Morgan fingerprint density at radius 2 is 2.00 bits per heavy atom. The Bertz CT molecular complexity index is 826. The monoisotopic (exact) mass is 307 g/mol. The molecule has 0 unspecified atom stereocenters. The summed E-state index contributed by atoms with van der Waals surface area (Å²) in [4.78, 5) is 16.3. The van der Waals surface area contributed by atoms with Gasteiger partial charge >= 0.3 is 0 Å². The van der Waals surface area contributed by atoms with Gasteiger partial charge in [0.05, 0.1) is 11.4 Å². The summed E-state index contributed by atoms with van der Waals surface area (Å²) in [5.41, 5.74) is 3.97. The van der Waals surface area contributed by atoms with Crippen molar-refractivity contribution >= 4 is 5.91 Å². The van der Waals surface area contributed by atoms with Gasteiger partial charge < -0.3 is 5.32 Å². The number of nitrogens with one attached hydrogen (secondary N) is 1. The Kier molecular flexibility index (Phi) is 4.14. The van der Waals surface area contributed by atoms with Crippen molar-refractivity contribution in [3.05, 3.63) is 71.3 Å². The molecule has 1 N–H and O–H groups in total. The van der Waals surface area contributed by atoms with Gasteiger partial charge in [-0.2, -0.15) is 0 Å². The molecule has 3 rings (SSSR count). The maximum atomic E-state index is 12.3. The molecule has 23 heavy (non-hydrogen) atoms. The first kappa shape index (κ1) is 14.9. The van der Waals surface area contributed by atoms with E-state index in [0.29, 0.717) is 17.9 Å². The maximum absolute atomic E-state index is 12.3. The summed E-state index contributed by atoms with van der Waals surface area (Å²) in [6.07, 6.45) is 3.42. The molecule has 1 aromatic carbocycles. The minimum absolute atomic E-state index is 0.244. The van der Waals surface area contributed by atoms with Crippen LogP contribution in [0.1, 0.15) is 27.3 Å². The van der Waals surface area contributed by atoms with Crippen molar-refractivity contribution in [3.8, 4) is 5.69 Å². The van der Waals surface area contributed by atoms with E-state index in [-0.39, 0.29) is 5.91 Å². The standard InChI is InChI=1S/C17H17N5O/c1-12-6-3-4-8-15(12)22-13(2)16(20-21-22)17(23)19-11-14-7-5-9-18-10-14/h3-10H,11H2,1-2H3,(H,19,23). The van der Waals surface area contributed by atoms with E-state index in [1.54, 1.807) is 17.1 Å². The van der Waals surface area contributed by atoms with Gasteiger partial charge in [0, 0.05) is 18.9 Å². The number of carbonyl (C=O) groups excluding carboxylic acids is 1. The van der Waals surface area contributed by atoms with Crippen LogP contribution in [0.5, 0.6) is 0 Å². The number of pyridine rings is 1. The fourth-order valence-corrected chi connectivity index (χ4v) is 2.34. The van der Waals surface area contributed by atoms with E-state index in [2.05, 4.69) is 20.6 Å². The highest BCUT2D eigenvalue weighted by Gasteiger charge is 2.17. The summed E-state index contributed by atoms with van der Waals surface area (Å²) in [7, 11) is 0. The molecule has 0 aliphatic heterocycles. The Morgan fingerprint density at radius 3 is 2.74 bits per heavy atom. The number of rotatable bonds is 4. The number of aromatic nitrogens is 4. The molecule has 1 amide bonds. The summed E-state index contributed by atoms with van der Waals surface area (Å²) >= 11 is 0. The van der Waals surface area contributed by atoms with Crippen LogP contribution in [0.3, 0.4) is 0 Å². The number of carbonyl (C=O) groups is 1. The molecule has 0 fully saturated rings. The molecule has 116 valence electrons. The number of benzene rings is 1. The topological polar surface area (TPSA) is 72.7 Å². The van der Waals surface area contributed by atoms with E-state index in [0.717, 1.165) is 16.8 Å². The van der Waals surface area contributed by atoms with Crippen molar-refractivity contribution < 1.29 is 4.79 Å². The van der Waals surface area contributed by atoms with Crippen LogP contribution >= 0.6 is 0 Å². The van der Waals surface area contributed by atoms with Gasteiger partial charge in [0.2, 0.25) is 0 Å². The van der Waals surface area contributed by atoms with E-state index < -0.39 is 0 Å². The molecule has 0 aliphatic rings. The minimum atomic E-state index is -0.244. The molecule has 0 radical (unpaired) electrons. The van der Waals surface area contributed by atoms with Gasteiger partial charge in [0.1, 0.15) is 0 Å². The lowest BCUT2D eigenvalue weighted by Gasteiger charge is -2.07. The van der Waals surface area contributed by atoms with Gasteiger partial charge in [0.25, 0.3) is 5.91 Å². The first-order chi connectivity index (χ1) is 11.2. The summed E-state index contributed by atoms with van der Waals surface area (Å²) in [6.45, 7) is 4.24. The quantitative estimate of drug-likeness (QED) is 0.802. The third-order valence-corrected chi connectivity index (χ3v) is 3.63. The molecule has 3 aromatic rings. The molecule has 0 saturated carbocycles. The molecular weight excluding hydrogens is 290 g/mol. The number of aryl methyl sites for hydroxylation is 1. The smallest absolute Gasteiger partial charge is 0.274 e. The van der Waals surface area contributed by atoms with Crippen molar-refractivity contribution in [1.82, 2.24) is 25.3 Å². The Labute approximate surface area is 134 Å². The van der Waals surface area contributed by atoms with E-state index in [9.17, 15) is 4.79 Å². The number of para-hydroxylation sites is 1. The van der Waals surface area contributed by atoms with Crippen LogP contribution in [0.4, 0.5) is 0 Å². The third-order valence-electron chi connectivity index (χ3n) is 3.63. The van der Waals surface area contributed by atoms with Crippen LogP contribution in [-0.2, 0) is 6.54 Å². The van der Waals surface area contributed by atoms with Crippen molar-refractivity contribution in [2.45, 2.75) is 20.4 Å². The first-order valence-electron chi connectivity index (χ1n) is 7.32. The van der Waals surface area contributed by atoms with Crippen LogP contribution in [-0.4, -0.2) is 25.9 Å². The third kappa shape index (κ3) is 3.11. The second kappa shape index (κ2) is 6.39. The maximum Gasteiger partial charge on any atom is 0.274 e. The molecule has 2 aromatic heterocycles. The Morgan fingerprint density at radius 1 is 1.17 bits per heavy atom.